The fraction of sp³-hybridized carbons (Fsp3) is 0.222. The third kappa shape index (κ3) is 1.51. The van der Waals surface area contributed by atoms with Crippen molar-refractivity contribution < 1.29 is 13.2 Å². The standard InChI is InChI=1S/C9H8F3N3/c1-15-8-3-5(9(10,11)12)2-7(13)6(8)4-14-15/h2-4H,13H2,1H3. The Kier molecular flexibility index (Phi) is 1.89. The number of aryl methyl sites for hydroxylation is 1. The van der Waals surface area contributed by atoms with Gasteiger partial charge in [0.15, 0.2) is 0 Å². The summed E-state index contributed by atoms with van der Waals surface area (Å²) in [4.78, 5) is 0. The fourth-order valence-corrected chi connectivity index (χ4v) is 1.44. The van der Waals surface area contributed by atoms with Gasteiger partial charge in [0.1, 0.15) is 0 Å². The van der Waals surface area contributed by atoms with Crippen molar-refractivity contribution in [2.24, 2.45) is 7.05 Å². The van der Waals surface area contributed by atoms with Gasteiger partial charge in [-0.25, -0.2) is 0 Å². The van der Waals surface area contributed by atoms with Crippen molar-refractivity contribution in [3.63, 3.8) is 0 Å². The maximum atomic E-state index is 12.4. The van der Waals surface area contributed by atoms with Gasteiger partial charge >= 0.3 is 6.18 Å². The van der Waals surface area contributed by atoms with Gasteiger partial charge in [0, 0.05) is 18.1 Å². The molecule has 3 nitrogen and oxygen atoms in total. The molecule has 0 atom stereocenters. The SMILES string of the molecule is Cn1ncc2c(N)cc(C(F)(F)F)cc21. The lowest BCUT2D eigenvalue weighted by Gasteiger charge is -2.08. The highest BCUT2D eigenvalue weighted by molar-refractivity contribution is 5.91. The Morgan fingerprint density at radius 1 is 1.33 bits per heavy atom. The van der Waals surface area contributed by atoms with Crippen molar-refractivity contribution in [3.05, 3.63) is 23.9 Å². The highest BCUT2D eigenvalue weighted by atomic mass is 19.4. The first kappa shape index (κ1) is 9.82. The molecule has 0 spiro atoms. The van der Waals surface area contributed by atoms with Crippen molar-refractivity contribution in [2.75, 3.05) is 5.73 Å². The smallest absolute Gasteiger partial charge is 0.398 e. The summed E-state index contributed by atoms with van der Waals surface area (Å²) in [5, 5.41) is 4.38. The summed E-state index contributed by atoms with van der Waals surface area (Å²) in [7, 11) is 1.57. The zero-order chi connectivity index (χ0) is 11.2. The second kappa shape index (κ2) is 2.88. The van der Waals surface area contributed by atoms with Crippen LogP contribution in [0.15, 0.2) is 18.3 Å². The van der Waals surface area contributed by atoms with Crippen LogP contribution in [0.4, 0.5) is 18.9 Å². The third-order valence-electron chi connectivity index (χ3n) is 2.23. The van der Waals surface area contributed by atoms with Crippen LogP contribution in [0.5, 0.6) is 0 Å². The lowest BCUT2D eigenvalue weighted by Crippen LogP contribution is -2.06. The second-order valence-corrected chi connectivity index (χ2v) is 3.26. The van der Waals surface area contributed by atoms with Crippen LogP contribution in [0.3, 0.4) is 0 Å². The number of benzene rings is 1. The summed E-state index contributed by atoms with van der Waals surface area (Å²) in [6.07, 6.45) is -2.93. The topological polar surface area (TPSA) is 43.8 Å². The average Bonchev–Trinajstić information content (AvgIpc) is 2.47. The molecule has 0 saturated heterocycles. The summed E-state index contributed by atoms with van der Waals surface area (Å²) in [6, 6.07) is 1.96. The van der Waals surface area contributed by atoms with E-state index in [1.54, 1.807) is 7.05 Å². The third-order valence-corrected chi connectivity index (χ3v) is 2.23. The first-order valence-electron chi connectivity index (χ1n) is 4.18. The van der Waals surface area contributed by atoms with E-state index in [1.165, 1.54) is 10.9 Å². The van der Waals surface area contributed by atoms with E-state index in [2.05, 4.69) is 5.10 Å². The van der Waals surface area contributed by atoms with Crippen molar-refractivity contribution in [1.82, 2.24) is 9.78 Å². The second-order valence-electron chi connectivity index (χ2n) is 3.26. The van der Waals surface area contributed by atoms with E-state index < -0.39 is 11.7 Å². The zero-order valence-electron chi connectivity index (χ0n) is 7.84. The Morgan fingerprint density at radius 2 is 2.00 bits per heavy atom. The normalized spacial score (nSPS) is 12.3. The van der Waals surface area contributed by atoms with E-state index >= 15 is 0 Å². The van der Waals surface area contributed by atoms with Crippen molar-refractivity contribution >= 4 is 16.6 Å². The molecule has 1 aromatic carbocycles. The molecule has 0 unspecified atom stereocenters. The molecule has 0 aliphatic heterocycles. The van der Waals surface area contributed by atoms with Crippen LogP contribution < -0.4 is 5.73 Å². The predicted octanol–water partition coefficient (Wildman–Crippen LogP) is 2.17. The van der Waals surface area contributed by atoms with Gasteiger partial charge in [0.2, 0.25) is 0 Å². The number of halogens is 3. The Morgan fingerprint density at radius 3 is 2.60 bits per heavy atom. The molecule has 0 saturated carbocycles. The number of rotatable bonds is 0. The number of nitrogens with two attached hydrogens (primary N) is 1. The molecular weight excluding hydrogens is 207 g/mol. The van der Waals surface area contributed by atoms with Crippen LogP contribution in [-0.4, -0.2) is 9.78 Å². The average molecular weight is 215 g/mol. The largest absolute Gasteiger partial charge is 0.416 e. The molecule has 0 amide bonds. The minimum atomic E-state index is -4.38. The first-order valence-corrected chi connectivity index (χ1v) is 4.18. The number of nitrogens with zero attached hydrogens (tertiary/aromatic N) is 2. The number of hydrogen-bond donors (Lipinski definition) is 1. The van der Waals surface area contributed by atoms with E-state index in [4.69, 9.17) is 5.73 Å². The number of anilines is 1. The van der Waals surface area contributed by atoms with Gasteiger partial charge in [-0.3, -0.25) is 4.68 Å². The van der Waals surface area contributed by atoms with Crippen LogP contribution in [-0.2, 0) is 13.2 Å². The van der Waals surface area contributed by atoms with Gasteiger partial charge in [-0.15, -0.1) is 0 Å². The molecule has 1 heterocycles. The molecule has 0 bridgehead atoms. The molecule has 2 aromatic rings. The van der Waals surface area contributed by atoms with Crippen LogP contribution in [0.1, 0.15) is 5.56 Å². The Labute approximate surface area is 83.3 Å². The van der Waals surface area contributed by atoms with Gasteiger partial charge < -0.3 is 5.73 Å². The molecule has 15 heavy (non-hydrogen) atoms. The molecule has 0 aliphatic rings. The van der Waals surface area contributed by atoms with E-state index in [-0.39, 0.29) is 5.69 Å². The number of fused-ring (bicyclic) bond motifs is 1. The fourth-order valence-electron chi connectivity index (χ4n) is 1.44. The van der Waals surface area contributed by atoms with Gasteiger partial charge in [-0.05, 0) is 12.1 Å². The highest BCUT2D eigenvalue weighted by Crippen LogP contribution is 2.33. The first-order chi connectivity index (χ1) is 6.89. The Balaban J connectivity index is 2.76. The summed E-state index contributed by atoms with van der Waals surface area (Å²) >= 11 is 0. The van der Waals surface area contributed by atoms with Gasteiger partial charge in [0.25, 0.3) is 0 Å². The van der Waals surface area contributed by atoms with Crippen molar-refractivity contribution in [2.45, 2.75) is 6.18 Å². The summed E-state index contributed by atoms with van der Waals surface area (Å²) in [5.74, 6) is 0. The Bertz CT molecular complexity index is 513. The maximum absolute atomic E-state index is 12.4. The Hall–Kier alpha value is -1.72. The maximum Gasteiger partial charge on any atom is 0.416 e. The molecule has 0 aliphatic carbocycles. The number of hydrogen-bond acceptors (Lipinski definition) is 2. The van der Waals surface area contributed by atoms with Crippen LogP contribution in [0.25, 0.3) is 10.9 Å². The quantitative estimate of drug-likeness (QED) is 0.684. The monoisotopic (exact) mass is 215 g/mol. The molecule has 1 aromatic heterocycles. The van der Waals surface area contributed by atoms with Crippen molar-refractivity contribution in [3.8, 4) is 0 Å². The van der Waals surface area contributed by atoms with Crippen molar-refractivity contribution in [1.29, 1.82) is 0 Å². The van der Waals surface area contributed by atoms with Gasteiger partial charge in [-0.1, -0.05) is 0 Å². The number of alkyl halides is 3. The summed E-state index contributed by atoms with van der Waals surface area (Å²) < 4.78 is 38.7. The molecule has 6 heteroatoms. The number of aromatic nitrogens is 2. The molecule has 0 fully saturated rings. The number of nitrogen functional groups attached to an aromatic ring is 1. The van der Waals surface area contributed by atoms with E-state index in [0.29, 0.717) is 10.9 Å². The lowest BCUT2D eigenvalue weighted by molar-refractivity contribution is -0.137. The molecular formula is C9H8F3N3. The van der Waals surface area contributed by atoms with Gasteiger partial charge in [0.05, 0.1) is 17.3 Å². The zero-order valence-corrected chi connectivity index (χ0v) is 7.84. The van der Waals surface area contributed by atoms with E-state index in [0.717, 1.165) is 12.1 Å². The summed E-state index contributed by atoms with van der Waals surface area (Å²) in [6.45, 7) is 0. The molecule has 80 valence electrons. The van der Waals surface area contributed by atoms with E-state index in [9.17, 15) is 13.2 Å². The van der Waals surface area contributed by atoms with Gasteiger partial charge in [-0.2, -0.15) is 18.3 Å². The highest BCUT2D eigenvalue weighted by Gasteiger charge is 2.31. The molecule has 2 N–H and O–H groups in total. The molecule has 0 radical (unpaired) electrons. The molecule has 2 rings (SSSR count). The summed E-state index contributed by atoms with van der Waals surface area (Å²) in [5.41, 5.74) is 5.23. The van der Waals surface area contributed by atoms with Crippen LogP contribution in [0.2, 0.25) is 0 Å². The predicted molar refractivity (Wildman–Crippen MR) is 50.1 cm³/mol. The van der Waals surface area contributed by atoms with E-state index in [1.807, 2.05) is 0 Å². The minimum absolute atomic E-state index is 0.0907. The van der Waals surface area contributed by atoms with Crippen LogP contribution in [0, 0.1) is 0 Å². The minimum Gasteiger partial charge on any atom is -0.398 e. The van der Waals surface area contributed by atoms with Crippen LogP contribution >= 0.6 is 0 Å². The lowest BCUT2D eigenvalue weighted by atomic mass is 10.1.